The summed E-state index contributed by atoms with van der Waals surface area (Å²) >= 11 is 12.1. The zero-order valence-electron chi connectivity index (χ0n) is 10.2. The standard InChI is InChI=1S/C12H8Br2ClFN2O2S/c13-6-1-2-11(10(17)3-6)21(19,20)18-12-8(14)4-7(16)5-9(12)15/h1-5,18H,17H2. The van der Waals surface area contributed by atoms with Crippen LogP contribution < -0.4 is 10.5 Å². The molecule has 0 saturated carbocycles. The van der Waals surface area contributed by atoms with E-state index in [1.807, 2.05) is 0 Å². The Morgan fingerprint density at radius 3 is 2.43 bits per heavy atom. The molecule has 0 spiro atoms. The van der Waals surface area contributed by atoms with Crippen LogP contribution in [-0.4, -0.2) is 8.42 Å². The molecule has 0 amide bonds. The van der Waals surface area contributed by atoms with E-state index in [1.165, 1.54) is 12.1 Å². The molecule has 112 valence electrons. The lowest BCUT2D eigenvalue weighted by atomic mass is 10.3. The highest BCUT2D eigenvalue weighted by molar-refractivity contribution is 9.10. The number of nitrogens with two attached hydrogens (primary N) is 1. The number of hydrogen-bond donors (Lipinski definition) is 2. The first-order valence-corrected chi connectivity index (χ1v) is 8.88. The van der Waals surface area contributed by atoms with Gasteiger partial charge in [-0.15, -0.1) is 0 Å². The number of hydrogen-bond acceptors (Lipinski definition) is 3. The van der Waals surface area contributed by atoms with Gasteiger partial charge < -0.3 is 5.73 Å². The Morgan fingerprint density at radius 1 is 1.19 bits per heavy atom. The van der Waals surface area contributed by atoms with E-state index in [2.05, 4.69) is 36.6 Å². The van der Waals surface area contributed by atoms with E-state index in [0.717, 1.165) is 12.1 Å². The maximum atomic E-state index is 13.2. The fourth-order valence-corrected chi connectivity index (χ4v) is 4.27. The van der Waals surface area contributed by atoms with Crippen molar-refractivity contribution in [2.75, 3.05) is 10.5 Å². The molecular weight excluding hydrogens is 450 g/mol. The highest BCUT2D eigenvalue weighted by Gasteiger charge is 2.20. The van der Waals surface area contributed by atoms with Crippen LogP contribution in [0.5, 0.6) is 0 Å². The second-order valence-corrected chi connectivity index (χ2v) is 7.86. The van der Waals surface area contributed by atoms with Gasteiger partial charge in [0, 0.05) is 8.95 Å². The predicted molar refractivity (Wildman–Crippen MR) is 88.5 cm³/mol. The molecule has 21 heavy (non-hydrogen) atoms. The summed E-state index contributed by atoms with van der Waals surface area (Å²) in [5, 5.41) is -0.0684. The molecule has 2 rings (SSSR count). The van der Waals surface area contributed by atoms with Crippen molar-refractivity contribution in [2.45, 2.75) is 4.90 Å². The smallest absolute Gasteiger partial charge is 0.264 e. The molecule has 0 radical (unpaired) electrons. The minimum absolute atomic E-state index is 0.0420. The zero-order valence-corrected chi connectivity index (χ0v) is 14.9. The van der Waals surface area contributed by atoms with Gasteiger partial charge in [0.2, 0.25) is 0 Å². The lowest BCUT2D eigenvalue weighted by Gasteiger charge is -2.13. The van der Waals surface area contributed by atoms with Gasteiger partial charge in [-0.3, -0.25) is 4.72 Å². The molecule has 0 atom stereocenters. The quantitative estimate of drug-likeness (QED) is 0.671. The average Bonchev–Trinajstić information content (AvgIpc) is 2.33. The van der Waals surface area contributed by atoms with Crippen LogP contribution in [-0.2, 0) is 10.0 Å². The minimum Gasteiger partial charge on any atom is -0.398 e. The van der Waals surface area contributed by atoms with Crippen LogP contribution in [0.4, 0.5) is 15.8 Å². The van der Waals surface area contributed by atoms with Crippen LogP contribution >= 0.6 is 43.5 Å². The van der Waals surface area contributed by atoms with Crippen molar-refractivity contribution in [3.63, 3.8) is 0 Å². The van der Waals surface area contributed by atoms with E-state index in [4.69, 9.17) is 17.3 Å². The van der Waals surface area contributed by atoms with E-state index >= 15 is 0 Å². The molecule has 2 aromatic rings. The molecule has 0 aromatic heterocycles. The Morgan fingerprint density at radius 2 is 1.86 bits per heavy atom. The van der Waals surface area contributed by atoms with Gasteiger partial charge in [0.15, 0.2) is 0 Å². The van der Waals surface area contributed by atoms with E-state index in [0.29, 0.717) is 4.47 Å². The Kier molecular flexibility index (Phi) is 4.82. The van der Waals surface area contributed by atoms with Crippen molar-refractivity contribution in [1.82, 2.24) is 0 Å². The predicted octanol–water partition coefficient (Wildman–Crippen LogP) is 4.39. The van der Waals surface area contributed by atoms with Gasteiger partial charge in [0.05, 0.1) is 16.4 Å². The summed E-state index contributed by atoms with van der Waals surface area (Å²) in [5.41, 5.74) is 5.82. The lowest BCUT2D eigenvalue weighted by Crippen LogP contribution is -2.15. The molecule has 2 aromatic carbocycles. The summed E-state index contributed by atoms with van der Waals surface area (Å²) in [6.45, 7) is 0. The average molecular weight is 459 g/mol. The molecular formula is C12H8Br2ClFN2O2S. The van der Waals surface area contributed by atoms with E-state index in [1.54, 1.807) is 6.07 Å². The summed E-state index contributed by atoms with van der Waals surface area (Å²) in [4.78, 5) is -0.0991. The van der Waals surface area contributed by atoms with Gasteiger partial charge in [0.1, 0.15) is 10.7 Å². The third-order valence-corrected chi connectivity index (χ3v) is 5.35. The van der Waals surface area contributed by atoms with Crippen molar-refractivity contribution in [2.24, 2.45) is 0 Å². The Bertz CT molecular complexity index is 792. The zero-order chi connectivity index (χ0) is 15.8. The largest absolute Gasteiger partial charge is 0.398 e. The van der Waals surface area contributed by atoms with Gasteiger partial charge >= 0.3 is 0 Å². The topological polar surface area (TPSA) is 72.2 Å². The molecule has 4 nitrogen and oxygen atoms in total. The van der Waals surface area contributed by atoms with Crippen molar-refractivity contribution in [3.8, 4) is 0 Å². The Labute approximate surface area is 142 Å². The molecule has 9 heteroatoms. The fourth-order valence-electron chi connectivity index (χ4n) is 1.59. The number of nitrogen functional groups attached to an aromatic ring is 1. The lowest BCUT2D eigenvalue weighted by molar-refractivity contribution is 0.601. The molecule has 0 heterocycles. The number of anilines is 2. The molecule has 0 aliphatic carbocycles. The normalized spacial score (nSPS) is 11.4. The van der Waals surface area contributed by atoms with E-state index < -0.39 is 15.8 Å². The van der Waals surface area contributed by atoms with Crippen LogP contribution in [0.25, 0.3) is 0 Å². The molecule has 0 fully saturated rings. The Hall–Kier alpha value is -0.830. The monoisotopic (exact) mass is 456 g/mol. The van der Waals surface area contributed by atoms with Crippen molar-refractivity contribution in [1.29, 1.82) is 0 Å². The SMILES string of the molecule is Nc1cc(Br)ccc1S(=O)(=O)Nc1c(Cl)cc(F)cc1Br. The highest BCUT2D eigenvalue weighted by Crippen LogP contribution is 2.34. The van der Waals surface area contributed by atoms with E-state index in [9.17, 15) is 12.8 Å². The second kappa shape index (κ2) is 6.12. The Balaban J connectivity index is 2.47. The van der Waals surface area contributed by atoms with E-state index in [-0.39, 0.29) is 25.8 Å². The van der Waals surface area contributed by atoms with Gasteiger partial charge in [-0.25, -0.2) is 12.8 Å². The number of rotatable bonds is 3. The maximum Gasteiger partial charge on any atom is 0.264 e. The molecule has 0 aliphatic rings. The molecule has 0 aliphatic heterocycles. The maximum absolute atomic E-state index is 13.2. The molecule has 3 N–H and O–H groups in total. The summed E-state index contributed by atoms with van der Waals surface area (Å²) < 4.78 is 41.0. The minimum atomic E-state index is -3.95. The van der Waals surface area contributed by atoms with Crippen molar-refractivity contribution >= 4 is 64.9 Å². The summed E-state index contributed by atoms with van der Waals surface area (Å²) in [6.07, 6.45) is 0. The van der Waals surface area contributed by atoms with Crippen LogP contribution in [0.15, 0.2) is 44.2 Å². The summed E-state index contributed by atoms with van der Waals surface area (Å²) in [6, 6.07) is 6.49. The molecule has 0 saturated heterocycles. The van der Waals surface area contributed by atoms with Crippen molar-refractivity contribution in [3.05, 3.63) is 50.1 Å². The van der Waals surface area contributed by atoms with Crippen molar-refractivity contribution < 1.29 is 12.8 Å². The van der Waals surface area contributed by atoms with Gasteiger partial charge in [-0.1, -0.05) is 27.5 Å². The molecule has 0 unspecified atom stereocenters. The molecule has 0 bridgehead atoms. The number of benzene rings is 2. The van der Waals surface area contributed by atoms with Crippen LogP contribution in [0.1, 0.15) is 0 Å². The third-order valence-electron chi connectivity index (χ3n) is 2.50. The fraction of sp³-hybridized carbons (Fsp3) is 0. The first-order valence-electron chi connectivity index (χ1n) is 5.43. The first-order chi connectivity index (χ1) is 9.70. The third kappa shape index (κ3) is 3.68. The second-order valence-electron chi connectivity index (χ2n) is 4.03. The number of nitrogens with one attached hydrogen (secondary N) is 1. The van der Waals surface area contributed by atoms with Crippen LogP contribution in [0.3, 0.4) is 0 Å². The van der Waals surface area contributed by atoms with Gasteiger partial charge in [-0.05, 0) is 46.3 Å². The van der Waals surface area contributed by atoms with Gasteiger partial charge in [0.25, 0.3) is 10.0 Å². The number of halogens is 4. The van der Waals surface area contributed by atoms with Gasteiger partial charge in [-0.2, -0.15) is 0 Å². The summed E-state index contributed by atoms with van der Waals surface area (Å²) in [7, 11) is -3.95. The van der Waals surface area contributed by atoms with Crippen LogP contribution in [0, 0.1) is 5.82 Å². The highest BCUT2D eigenvalue weighted by atomic mass is 79.9. The number of sulfonamides is 1. The van der Waals surface area contributed by atoms with Crippen LogP contribution in [0.2, 0.25) is 5.02 Å². The first kappa shape index (κ1) is 16.5. The summed E-state index contributed by atoms with van der Waals surface area (Å²) in [5.74, 6) is -0.585.